The molecule has 3 rings (SSSR count). The number of carbonyl (C=O) groups excluding carboxylic acids is 2. The molecule has 6 heteroatoms. The Bertz CT molecular complexity index is 923. The molecule has 1 aromatic heterocycles. The molecule has 178 valence electrons. The van der Waals surface area contributed by atoms with E-state index in [9.17, 15) is 14.7 Å². The van der Waals surface area contributed by atoms with Crippen LogP contribution in [-0.4, -0.2) is 47.7 Å². The van der Waals surface area contributed by atoms with E-state index in [4.69, 9.17) is 4.74 Å². The van der Waals surface area contributed by atoms with Crippen LogP contribution in [0.1, 0.15) is 59.1 Å². The van der Waals surface area contributed by atoms with E-state index in [0.717, 1.165) is 43.4 Å². The van der Waals surface area contributed by atoms with Gasteiger partial charge in [0.2, 0.25) is 5.91 Å². The van der Waals surface area contributed by atoms with E-state index < -0.39 is 6.10 Å². The summed E-state index contributed by atoms with van der Waals surface area (Å²) >= 11 is 1.45. The Labute approximate surface area is 201 Å². The third kappa shape index (κ3) is 7.54. The van der Waals surface area contributed by atoms with Gasteiger partial charge < -0.3 is 14.7 Å². The molecule has 1 saturated heterocycles. The van der Waals surface area contributed by atoms with Crippen LogP contribution in [0.5, 0.6) is 0 Å². The maximum atomic E-state index is 12.4. The molecule has 1 aliphatic rings. The zero-order chi connectivity index (χ0) is 23.6. The second kappa shape index (κ2) is 12.7. The average molecular weight is 470 g/mol. The Kier molecular flexibility index (Phi) is 9.70. The maximum Gasteiger partial charge on any atom is 0.348 e. The van der Waals surface area contributed by atoms with Crippen molar-refractivity contribution in [1.82, 2.24) is 4.90 Å². The van der Waals surface area contributed by atoms with E-state index >= 15 is 0 Å². The van der Waals surface area contributed by atoms with Crippen molar-refractivity contribution in [3.8, 4) is 0 Å². The number of aliphatic hydroxyl groups is 1. The van der Waals surface area contributed by atoms with E-state index in [1.165, 1.54) is 24.0 Å². The Hall–Kier alpha value is -2.44. The summed E-state index contributed by atoms with van der Waals surface area (Å²) in [5.74, 6) is 0.0499. The van der Waals surface area contributed by atoms with Gasteiger partial charge in [0, 0.05) is 17.8 Å². The summed E-state index contributed by atoms with van der Waals surface area (Å²) < 4.78 is 4.76. The van der Waals surface area contributed by atoms with Crippen molar-refractivity contribution in [2.24, 2.45) is 5.92 Å². The first-order valence-electron chi connectivity index (χ1n) is 11.8. The normalized spacial score (nSPS) is 18.1. The third-order valence-corrected chi connectivity index (χ3v) is 7.45. The minimum atomic E-state index is -0.499. The molecular formula is C27H35NO4S. The number of methoxy groups -OCH3 is 1. The Morgan fingerprint density at radius 2 is 2.00 bits per heavy atom. The van der Waals surface area contributed by atoms with Crippen LogP contribution in [-0.2, 0) is 22.4 Å². The number of likely N-dealkylation sites (tertiary alicyclic amines) is 1. The molecule has 33 heavy (non-hydrogen) atoms. The number of thiophene rings is 1. The summed E-state index contributed by atoms with van der Waals surface area (Å²) in [6.45, 7) is 2.77. The van der Waals surface area contributed by atoms with Gasteiger partial charge >= 0.3 is 5.97 Å². The quantitative estimate of drug-likeness (QED) is 0.350. The van der Waals surface area contributed by atoms with Gasteiger partial charge in [-0.15, -0.1) is 11.3 Å². The zero-order valence-corrected chi connectivity index (χ0v) is 20.4. The van der Waals surface area contributed by atoms with Gasteiger partial charge in [-0.2, -0.15) is 0 Å². The smallest absolute Gasteiger partial charge is 0.348 e. The number of hydrogen-bond acceptors (Lipinski definition) is 5. The summed E-state index contributed by atoms with van der Waals surface area (Å²) in [5, 5.41) is 10.6. The number of aryl methyl sites for hydroxylation is 2. The fourth-order valence-electron chi connectivity index (χ4n) is 4.27. The van der Waals surface area contributed by atoms with Crippen molar-refractivity contribution in [3.05, 3.63) is 69.9 Å². The van der Waals surface area contributed by atoms with Crippen molar-refractivity contribution >= 4 is 23.2 Å². The second-order valence-corrected chi connectivity index (χ2v) is 9.95. The number of esters is 1. The molecule has 1 aliphatic heterocycles. The Balaban J connectivity index is 1.43. The van der Waals surface area contributed by atoms with Gasteiger partial charge in [0.15, 0.2) is 0 Å². The number of rotatable bonds is 12. The Morgan fingerprint density at radius 1 is 1.21 bits per heavy atom. The highest BCUT2D eigenvalue weighted by Gasteiger charge is 2.28. The molecule has 3 atom stereocenters. The predicted molar refractivity (Wildman–Crippen MR) is 132 cm³/mol. The van der Waals surface area contributed by atoms with Crippen LogP contribution in [0.2, 0.25) is 0 Å². The largest absolute Gasteiger partial charge is 0.465 e. The highest BCUT2D eigenvalue weighted by molar-refractivity contribution is 7.13. The lowest BCUT2D eigenvalue weighted by Gasteiger charge is -2.23. The van der Waals surface area contributed by atoms with Gasteiger partial charge in [0.25, 0.3) is 0 Å². The van der Waals surface area contributed by atoms with Crippen LogP contribution in [0.3, 0.4) is 0 Å². The molecule has 0 radical (unpaired) electrons. The second-order valence-electron chi connectivity index (χ2n) is 8.78. The van der Waals surface area contributed by atoms with Crippen LogP contribution < -0.4 is 0 Å². The molecular weight excluding hydrogens is 434 g/mol. The number of carbonyl (C=O) groups is 2. The average Bonchev–Trinajstić information content (AvgIpc) is 3.44. The SMILES string of the molecule is COC(=O)c1ccc(CCCN2C(=O)CC[C@@H]2C=C[C@H](O)[C@@H](C)CCCc2ccccc2)s1. The zero-order valence-electron chi connectivity index (χ0n) is 19.6. The number of nitrogens with zero attached hydrogens (tertiary/aromatic N) is 1. The van der Waals surface area contributed by atoms with Gasteiger partial charge in [-0.3, -0.25) is 4.79 Å². The fraction of sp³-hybridized carbons (Fsp3) is 0.481. The third-order valence-electron chi connectivity index (χ3n) is 6.33. The first-order chi connectivity index (χ1) is 16.0. The molecule has 0 aliphatic carbocycles. The molecule has 5 nitrogen and oxygen atoms in total. The van der Waals surface area contributed by atoms with Crippen LogP contribution >= 0.6 is 11.3 Å². The van der Waals surface area contributed by atoms with Gasteiger partial charge in [0.05, 0.1) is 19.3 Å². The molecule has 1 amide bonds. The van der Waals surface area contributed by atoms with Crippen molar-refractivity contribution < 1.29 is 19.4 Å². The number of ether oxygens (including phenoxy) is 1. The minimum absolute atomic E-state index is 0.0534. The molecule has 1 N–H and O–H groups in total. The topological polar surface area (TPSA) is 66.8 Å². The predicted octanol–water partition coefficient (Wildman–Crippen LogP) is 5.03. The van der Waals surface area contributed by atoms with E-state index in [0.29, 0.717) is 17.8 Å². The number of hydrogen-bond donors (Lipinski definition) is 1. The molecule has 0 saturated carbocycles. The lowest BCUT2D eigenvalue weighted by molar-refractivity contribution is -0.128. The summed E-state index contributed by atoms with van der Waals surface area (Å²) in [5.41, 5.74) is 1.33. The van der Waals surface area contributed by atoms with E-state index in [1.54, 1.807) is 6.07 Å². The molecule has 2 aromatic rings. The first-order valence-corrected chi connectivity index (χ1v) is 12.7. The highest BCUT2D eigenvalue weighted by atomic mass is 32.1. The van der Waals surface area contributed by atoms with Crippen molar-refractivity contribution in [3.63, 3.8) is 0 Å². The first kappa shape index (κ1) is 25.2. The summed E-state index contributed by atoms with van der Waals surface area (Å²) in [6.07, 6.45) is 9.46. The molecule has 1 aromatic carbocycles. The molecule has 0 unspecified atom stereocenters. The molecule has 0 bridgehead atoms. The highest BCUT2D eigenvalue weighted by Crippen LogP contribution is 2.23. The van der Waals surface area contributed by atoms with Gasteiger partial charge in [0.1, 0.15) is 4.88 Å². The Morgan fingerprint density at radius 3 is 2.76 bits per heavy atom. The molecule has 1 fully saturated rings. The fourth-order valence-corrected chi connectivity index (χ4v) is 5.24. The van der Waals surface area contributed by atoms with Crippen molar-refractivity contribution in [2.75, 3.05) is 13.7 Å². The van der Waals surface area contributed by atoms with Crippen molar-refractivity contribution in [1.29, 1.82) is 0 Å². The number of benzene rings is 1. The monoisotopic (exact) mass is 469 g/mol. The van der Waals surface area contributed by atoms with Crippen LogP contribution in [0, 0.1) is 5.92 Å². The number of aliphatic hydroxyl groups excluding tert-OH is 1. The van der Waals surface area contributed by atoms with E-state index in [2.05, 4.69) is 31.2 Å². The minimum Gasteiger partial charge on any atom is -0.465 e. The van der Waals surface area contributed by atoms with Gasteiger partial charge in [-0.05, 0) is 62.1 Å². The number of amides is 1. The van der Waals surface area contributed by atoms with Gasteiger partial charge in [-0.25, -0.2) is 4.79 Å². The van der Waals surface area contributed by atoms with E-state index in [-0.39, 0.29) is 23.8 Å². The maximum absolute atomic E-state index is 12.4. The van der Waals surface area contributed by atoms with Crippen molar-refractivity contribution in [2.45, 2.75) is 64.0 Å². The van der Waals surface area contributed by atoms with E-state index in [1.807, 2.05) is 29.2 Å². The van der Waals surface area contributed by atoms with Crippen LogP contribution in [0.4, 0.5) is 0 Å². The summed E-state index contributed by atoms with van der Waals surface area (Å²) in [7, 11) is 1.39. The van der Waals surface area contributed by atoms with Crippen LogP contribution in [0.15, 0.2) is 54.6 Å². The molecule has 0 spiro atoms. The lowest BCUT2D eigenvalue weighted by atomic mass is 9.95. The standard InChI is InChI=1S/C27H35NO4S/c1-20(8-6-11-21-9-4-3-5-10-21)24(29)16-13-22-14-18-26(30)28(22)19-7-12-23-15-17-25(33-23)27(31)32-2/h3-5,9-10,13,15-17,20,22,24,29H,6-8,11-12,14,18-19H2,1-2H3/t20-,22-,24-/m0/s1. The summed E-state index contributed by atoms with van der Waals surface area (Å²) in [4.78, 5) is 27.6. The lowest BCUT2D eigenvalue weighted by Crippen LogP contribution is -2.33. The van der Waals surface area contributed by atoms with Gasteiger partial charge in [-0.1, -0.05) is 49.4 Å². The van der Waals surface area contributed by atoms with Crippen LogP contribution in [0.25, 0.3) is 0 Å². The summed E-state index contributed by atoms with van der Waals surface area (Å²) in [6, 6.07) is 14.2. The molecule has 2 heterocycles.